The zero-order valence-corrected chi connectivity index (χ0v) is 12.1. The second-order valence-corrected chi connectivity index (χ2v) is 6.12. The molecule has 1 spiro atoms. The van der Waals surface area contributed by atoms with E-state index in [1.807, 2.05) is 30.3 Å². The summed E-state index contributed by atoms with van der Waals surface area (Å²) in [5.74, 6) is 0.341. The summed E-state index contributed by atoms with van der Waals surface area (Å²) in [7, 11) is 0. The van der Waals surface area contributed by atoms with E-state index in [0.717, 1.165) is 30.5 Å². The highest BCUT2D eigenvalue weighted by atomic mass is 16.2. The summed E-state index contributed by atoms with van der Waals surface area (Å²) in [4.78, 5) is 12.1. The Bertz CT molecular complexity index is 517. The van der Waals surface area contributed by atoms with E-state index in [4.69, 9.17) is 0 Å². The molecule has 0 aromatic heterocycles. The molecule has 0 aliphatic heterocycles. The van der Waals surface area contributed by atoms with E-state index < -0.39 is 0 Å². The Morgan fingerprint density at radius 1 is 1.35 bits per heavy atom. The summed E-state index contributed by atoms with van der Waals surface area (Å²) < 4.78 is 0. The second kappa shape index (κ2) is 5.39. The molecule has 1 amide bonds. The van der Waals surface area contributed by atoms with Crippen molar-refractivity contribution in [3.05, 3.63) is 35.9 Å². The minimum absolute atomic E-state index is 0.120. The minimum Gasteiger partial charge on any atom is -0.273 e. The topological polar surface area (TPSA) is 41.5 Å². The number of rotatable bonds is 5. The van der Waals surface area contributed by atoms with Gasteiger partial charge in [0.1, 0.15) is 0 Å². The molecule has 20 heavy (non-hydrogen) atoms. The number of hydrogen-bond acceptors (Lipinski definition) is 2. The Kier molecular flexibility index (Phi) is 3.60. The van der Waals surface area contributed by atoms with Gasteiger partial charge in [0, 0.05) is 5.92 Å². The van der Waals surface area contributed by atoms with Crippen LogP contribution in [0.3, 0.4) is 0 Å². The molecule has 1 aromatic rings. The van der Waals surface area contributed by atoms with Crippen LogP contribution in [0.5, 0.6) is 0 Å². The van der Waals surface area contributed by atoms with Gasteiger partial charge >= 0.3 is 0 Å². The smallest absolute Gasteiger partial charge is 0.243 e. The minimum atomic E-state index is 0.120. The molecule has 0 radical (unpaired) electrons. The van der Waals surface area contributed by atoms with Gasteiger partial charge in [-0.05, 0) is 36.7 Å². The number of nitrogens with one attached hydrogen (secondary N) is 1. The van der Waals surface area contributed by atoms with E-state index in [1.54, 1.807) is 0 Å². The monoisotopic (exact) mass is 270 g/mol. The molecule has 0 bridgehead atoms. The lowest BCUT2D eigenvalue weighted by atomic mass is 9.80. The summed E-state index contributed by atoms with van der Waals surface area (Å²) in [5, 5.41) is 4.39. The van der Waals surface area contributed by atoms with Crippen LogP contribution in [-0.2, 0) is 4.79 Å². The maximum absolute atomic E-state index is 12.1. The number of nitrogens with zero attached hydrogens (tertiary/aromatic N) is 1. The summed E-state index contributed by atoms with van der Waals surface area (Å²) in [6, 6.07) is 10.1. The predicted molar refractivity (Wildman–Crippen MR) is 80.4 cm³/mol. The van der Waals surface area contributed by atoms with Crippen LogP contribution in [0.15, 0.2) is 35.4 Å². The number of hydrazone groups is 1. The number of carbonyl (C=O) groups is 1. The van der Waals surface area contributed by atoms with E-state index in [0.29, 0.717) is 5.41 Å². The number of carbonyl (C=O) groups excluding carboxylic acids is 1. The first-order chi connectivity index (χ1) is 9.75. The maximum Gasteiger partial charge on any atom is 0.243 e. The van der Waals surface area contributed by atoms with Crippen molar-refractivity contribution >= 4 is 11.6 Å². The molecular weight excluding hydrogens is 248 g/mol. The highest BCUT2D eigenvalue weighted by molar-refractivity contribution is 6.01. The van der Waals surface area contributed by atoms with Crippen LogP contribution >= 0.6 is 0 Å². The largest absolute Gasteiger partial charge is 0.273 e. The number of hydrogen-bond donors (Lipinski definition) is 1. The van der Waals surface area contributed by atoms with Gasteiger partial charge in [0.05, 0.1) is 5.71 Å². The van der Waals surface area contributed by atoms with E-state index in [1.165, 1.54) is 19.3 Å². The normalized spacial score (nSPS) is 23.2. The predicted octanol–water partition coefficient (Wildman–Crippen LogP) is 3.50. The van der Waals surface area contributed by atoms with Gasteiger partial charge in [-0.3, -0.25) is 4.79 Å². The molecule has 2 saturated carbocycles. The van der Waals surface area contributed by atoms with Crippen LogP contribution in [-0.4, -0.2) is 11.6 Å². The fourth-order valence-electron chi connectivity index (χ4n) is 3.23. The molecule has 0 saturated heterocycles. The van der Waals surface area contributed by atoms with Crippen molar-refractivity contribution in [2.24, 2.45) is 16.4 Å². The quantitative estimate of drug-likeness (QED) is 0.645. The molecule has 0 unspecified atom stereocenters. The van der Waals surface area contributed by atoms with E-state index in [9.17, 15) is 4.79 Å². The van der Waals surface area contributed by atoms with Crippen molar-refractivity contribution in [2.45, 2.75) is 45.4 Å². The van der Waals surface area contributed by atoms with Crippen molar-refractivity contribution in [1.29, 1.82) is 0 Å². The standard InChI is InChI=1S/C17H22N2O/c1-2-7-15(13-8-4-3-5-9-13)18-19-16(20)14-12-17(14)10-6-11-17/h3-5,8-9,14H,2,6-7,10-12H2,1H3,(H,19,20)/b18-15+/t14-/m1/s1. The van der Waals surface area contributed by atoms with Crippen LogP contribution in [0.1, 0.15) is 51.0 Å². The molecule has 0 heterocycles. The Morgan fingerprint density at radius 3 is 2.65 bits per heavy atom. The molecule has 1 aromatic carbocycles. The number of amides is 1. The summed E-state index contributed by atoms with van der Waals surface area (Å²) in [6.07, 6.45) is 6.74. The summed E-state index contributed by atoms with van der Waals surface area (Å²) in [6.45, 7) is 2.13. The lowest BCUT2D eigenvalue weighted by Crippen LogP contribution is -2.27. The zero-order valence-electron chi connectivity index (χ0n) is 12.1. The van der Waals surface area contributed by atoms with Crippen LogP contribution in [0, 0.1) is 11.3 Å². The van der Waals surface area contributed by atoms with Crippen LogP contribution in [0.4, 0.5) is 0 Å². The first-order valence-electron chi connectivity index (χ1n) is 7.67. The molecule has 3 rings (SSSR count). The second-order valence-electron chi connectivity index (χ2n) is 6.12. The average molecular weight is 270 g/mol. The van der Waals surface area contributed by atoms with Gasteiger partial charge in [0.25, 0.3) is 0 Å². The molecule has 2 fully saturated rings. The third-order valence-corrected chi connectivity index (χ3v) is 4.75. The first kappa shape index (κ1) is 13.3. The molecule has 3 heteroatoms. The van der Waals surface area contributed by atoms with E-state index in [-0.39, 0.29) is 11.8 Å². The Hall–Kier alpha value is -1.64. The lowest BCUT2D eigenvalue weighted by Gasteiger charge is -2.25. The van der Waals surface area contributed by atoms with Crippen molar-refractivity contribution < 1.29 is 4.79 Å². The van der Waals surface area contributed by atoms with Gasteiger partial charge in [-0.15, -0.1) is 0 Å². The SMILES string of the molecule is CCC/C(=N\NC(=O)[C@H]1CC12CCC2)c1ccccc1. The Labute approximate surface area is 120 Å². The highest BCUT2D eigenvalue weighted by Gasteiger charge is 2.60. The maximum atomic E-state index is 12.1. The van der Waals surface area contributed by atoms with Crippen molar-refractivity contribution in [2.75, 3.05) is 0 Å². The molecule has 1 atom stereocenters. The Balaban J connectivity index is 1.64. The van der Waals surface area contributed by atoms with Crippen molar-refractivity contribution in [1.82, 2.24) is 5.43 Å². The van der Waals surface area contributed by atoms with Crippen molar-refractivity contribution in [3.63, 3.8) is 0 Å². The highest BCUT2D eigenvalue weighted by Crippen LogP contribution is 2.65. The third-order valence-electron chi connectivity index (χ3n) is 4.75. The molecule has 106 valence electrons. The number of benzene rings is 1. The van der Waals surface area contributed by atoms with Crippen LogP contribution in [0.25, 0.3) is 0 Å². The van der Waals surface area contributed by atoms with Crippen LogP contribution in [0.2, 0.25) is 0 Å². The summed E-state index contributed by atoms with van der Waals surface area (Å²) >= 11 is 0. The van der Waals surface area contributed by atoms with E-state index >= 15 is 0 Å². The third kappa shape index (κ3) is 2.49. The molecule has 2 aliphatic carbocycles. The average Bonchev–Trinajstić information content (AvgIpc) is 3.20. The molecule has 1 N–H and O–H groups in total. The molecular formula is C17H22N2O. The summed E-state index contributed by atoms with van der Waals surface area (Å²) in [5.41, 5.74) is 5.25. The van der Waals surface area contributed by atoms with Gasteiger partial charge in [0.2, 0.25) is 5.91 Å². The fraction of sp³-hybridized carbons (Fsp3) is 0.529. The van der Waals surface area contributed by atoms with Gasteiger partial charge in [-0.1, -0.05) is 50.1 Å². The van der Waals surface area contributed by atoms with Gasteiger partial charge in [-0.25, -0.2) is 5.43 Å². The van der Waals surface area contributed by atoms with Crippen molar-refractivity contribution in [3.8, 4) is 0 Å². The Morgan fingerprint density at radius 2 is 2.10 bits per heavy atom. The zero-order chi connectivity index (χ0) is 14.0. The molecule has 3 nitrogen and oxygen atoms in total. The van der Waals surface area contributed by atoms with Gasteiger partial charge in [0.15, 0.2) is 0 Å². The van der Waals surface area contributed by atoms with Crippen LogP contribution < -0.4 is 5.43 Å². The molecule has 2 aliphatic rings. The lowest BCUT2D eigenvalue weighted by molar-refractivity contribution is -0.123. The van der Waals surface area contributed by atoms with Gasteiger partial charge < -0.3 is 0 Å². The fourth-order valence-corrected chi connectivity index (χ4v) is 3.23. The first-order valence-corrected chi connectivity index (χ1v) is 7.67. The van der Waals surface area contributed by atoms with Gasteiger partial charge in [-0.2, -0.15) is 5.10 Å². The van der Waals surface area contributed by atoms with E-state index in [2.05, 4.69) is 17.5 Å².